The van der Waals surface area contributed by atoms with E-state index in [1.165, 1.54) is 4.90 Å². The second-order valence-corrected chi connectivity index (χ2v) is 17.6. The molecule has 0 bridgehead atoms. The van der Waals surface area contributed by atoms with Crippen molar-refractivity contribution >= 4 is 26.0 Å². The van der Waals surface area contributed by atoms with Crippen LogP contribution in [0.25, 0.3) is 0 Å². The predicted molar refractivity (Wildman–Crippen MR) is 152 cm³/mol. The molecule has 0 saturated carbocycles. The lowest BCUT2D eigenvalue weighted by atomic mass is 9.79. The van der Waals surface area contributed by atoms with Gasteiger partial charge in [0.05, 0.1) is 18.3 Å². The van der Waals surface area contributed by atoms with Gasteiger partial charge >= 0.3 is 6.09 Å². The van der Waals surface area contributed by atoms with E-state index in [4.69, 9.17) is 9.16 Å². The van der Waals surface area contributed by atoms with Gasteiger partial charge in [-0.3, -0.25) is 10.1 Å². The predicted octanol–water partition coefficient (Wildman–Crippen LogP) is 7.17. The first-order valence-corrected chi connectivity index (χ1v) is 16.1. The van der Waals surface area contributed by atoms with E-state index < -0.39 is 25.6 Å². The lowest BCUT2D eigenvalue weighted by molar-refractivity contribution is -0.126. The highest BCUT2D eigenvalue weighted by Crippen LogP contribution is 2.47. The second-order valence-electron chi connectivity index (χ2n) is 12.8. The summed E-state index contributed by atoms with van der Waals surface area (Å²) in [5, 5.41) is 3.77. The van der Waals surface area contributed by atoms with Crippen LogP contribution < -0.4 is 10.2 Å². The van der Waals surface area contributed by atoms with Gasteiger partial charge in [-0.2, -0.15) is 0 Å². The minimum atomic E-state index is -2.06. The molecule has 7 heteroatoms. The molecule has 3 rings (SSSR count). The summed E-state index contributed by atoms with van der Waals surface area (Å²) in [4.78, 5) is 28.8. The average molecular weight is 525 g/mol. The van der Waals surface area contributed by atoms with Crippen molar-refractivity contribution in [3.05, 3.63) is 65.7 Å². The summed E-state index contributed by atoms with van der Waals surface area (Å²) in [6, 6.07) is 17.3. The van der Waals surface area contributed by atoms with Gasteiger partial charge in [0.1, 0.15) is 11.1 Å². The number of imide groups is 1. The van der Waals surface area contributed by atoms with Crippen molar-refractivity contribution in [1.82, 2.24) is 5.32 Å². The van der Waals surface area contributed by atoms with E-state index >= 15 is 0 Å². The van der Waals surface area contributed by atoms with Gasteiger partial charge in [0.2, 0.25) is 0 Å². The number of nitrogens with zero attached hydrogens (tertiary/aromatic N) is 1. The van der Waals surface area contributed by atoms with Crippen LogP contribution in [0.2, 0.25) is 18.1 Å². The molecule has 0 aliphatic carbocycles. The van der Waals surface area contributed by atoms with Crippen molar-refractivity contribution in [2.24, 2.45) is 5.92 Å². The number of benzene rings is 2. The first kappa shape index (κ1) is 29.1. The molecule has 1 heterocycles. The topological polar surface area (TPSA) is 67.9 Å². The summed E-state index contributed by atoms with van der Waals surface area (Å²) in [7, 11) is -2.06. The van der Waals surface area contributed by atoms with Crippen LogP contribution in [0.5, 0.6) is 0 Å². The van der Waals surface area contributed by atoms with Crippen molar-refractivity contribution in [1.29, 1.82) is 0 Å². The van der Waals surface area contributed by atoms with Gasteiger partial charge in [0, 0.05) is 5.56 Å². The molecule has 0 unspecified atom stereocenters. The molecular formula is C30H44N2O4Si. The number of para-hydroxylation sites is 1. The third kappa shape index (κ3) is 5.84. The molecule has 1 aliphatic rings. The van der Waals surface area contributed by atoms with Gasteiger partial charge in [0.25, 0.3) is 5.91 Å². The number of fused-ring (bicyclic) bond motifs is 1. The Balaban J connectivity index is 2.09. The standard InChI is InChI=1S/C30H44N2O4Si/c1-21(2)30(23-18-14-15-19-25(23)32(26(30)33)27(34)36-28(3,4)5)31-24(22-16-12-11-13-17-22)20-35-37(9,10)29(6,7)8/h11-19,21,24,31H,20H2,1-10H3/t24-,30-/m0/s1. The van der Waals surface area contributed by atoms with Crippen LogP contribution in [0.1, 0.15) is 72.6 Å². The zero-order chi connectivity index (χ0) is 27.8. The molecular weight excluding hydrogens is 480 g/mol. The van der Waals surface area contributed by atoms with Gasteiger partial charge in [0.15, 0.2) is 8.32 Å². The van der Waals surface area contributed by atoms with Gasteiger partial charge in [-0.05, 0) is 56.5 Å². The fourth-order valence-electron chi connectivity index (χ4n) is 4.45. The number of carbonyl (C=O) groups is 2. The molecule has 0 fully saturated rings. The fourth-order valence-corrected chi connectivity index (χ4v) is 5.46. The van der Waals surface area contributed by atoms with Crippen molar-refractivity contribution in [3.8, 4) is 0 Å². The molecule has 2 aromatic rings. The number of rotatable bonds is 7. The van der Waals surface area contributed by atoms with Gasteiger partial charge < -0.3 is 9.16 Å². The highest BCUT2D eigenvalue weighted by Gasteiger charge is 2.56. The summed E-state index contributed by atoms with van der Waals surface area (Å²) < 4.78 is 12.3. The van der Waals surface area contributed by atoms with Gasteiger partial charge in [-0.15, -0.1) is 0 Å². The zero-order valence-electron chi connectivity index (χ0n) is 24.1. The number of nitrogens with one attached hydrogen (secondary N) is 1. The third-order valence-electron chi connectivity index (χ3n) is 7.57. The van der Waals surface area contributed by atoms with E-state index in [1.54, 1.807) is 20.8 Å². The molecule has 1 aliphatic heterocycles. The molecule has 2 aromatic carbocycles. The molecule has 2 amide bonds. The van der Waals surface area contributed by atoms with Crippen molar-refractivity contribution in [3.63, 3.8) is 0 Å². The Morgan fingerprint density at radius 3 is 2.08 bits per heavy atom. The number of amides is 2. The molecule has 0 spiro atoms. The van der Waals surface area contributed by atoms with Gasteiger partial charge in [-0.1, -0.05) is 83.1 Å². The van der Waals surface area contributed by atoms with Crippen LogP contribution in [0.3, 0.4) is 0 Å². The lowest BCUT2D eigenvalue weighted by Crippen LogP contribution is -2.57. The minimum Gasteiger partial charge on any atom is -0.443 e. The summed E-state index contributed by atoms with van der Waals surface area (Å²) in [6.45, 7) is 20.9. The highest BCUT2D eigenvalue weighted by molar-refractivity contribution is 6.74. The molecule has 0 radical (unpaired) electrons. The van der Waals surface area contributed by atoms with Crippen LogP contribution >= 0.6 is 0 Å². The molecule has 2 atom stereocenters. The summed E-state index contributed by atoms with van der Waals surface area (Å²) in [5.41, 5.74) is 0.494. The van der Waals surface area contributed by atoms with Gasteiger partial charge in [-0.25, -0.2) is 9.69 Å². The minimum absolute atomic E-state index is 0.0489. The molecule has 6 nitrogen and oxygen atoms in total. The van der Waals surface area contributed by atoms with Crippen LogP contribution in [0, 0.1) is 5.92 Å². The van der Waals surface area contributed by atoms with E-state index in [0.29, 0.717) is 12.3 Å². The molecule has 1 N–H and O–H groups in total. The van der Waals surface area contributed by atoms with Crippen LogP contribution in [-0.2, 0) is 19.5 Å². The molecule has 0 aromatic heterocycles. The summed E-state index contributed by atoms with van der Waals surface area (Å²) in [6.07, 6.45) is -0.664. The number of carbonyl (C=O) groups excluding carboxylic acids is 2. The van der Waals surface area contributed by atoms with Crippen molar-refractivity contribution < 1.29 is 18.8 Å². The average Bonchev–Trinajstić information content (AvgIpc) is 3.04. The monoisotopic (exact) mass is 524 g/mol. The molecule has 0 saturated heterocycles. The normalized spacial score (nSPS) is 19.2. The highest BCUT2D eigenvalue weighted by atomic mass is 28.4. The van der Waals surface area contributed by atoms with E-state index in [-0.39, 0.29) is 22.9 Å². The quantitative estimate of drug-likeness (QED) is 0.389. The second kappa shape index (κ2) is 10.3. The van der Waals surface area contributed by atoms with E-state index in [0.717, 1.165) is 11.1 Å². The maximum absolute atomic E-state index is 14.3. The largest absolute Gasteiger partial charge is 0.443 e. The number of anilines is 1. The zero-order valence-corrected chi connectivity index (χ0v) is 25.1. The smallest absolute Gasteiger partial charge is 0.421 e. The van der Waals surface area contributed by atoms with E-state index in [1.807, 2.05) is 56.3 Å². The van der Waals surface area contributed by atoms with Crippen molar-refractivity contribution in [2.75, 3.05) is 11.5 Å². The SMILES string of the molecule is CC(C)[C@@]1(N[C@@H](CO[Si](C)(C)C(C)(C)C)c2ccccc2)C(=O)N(C(=O)OC(C)(C)C)c2ccccc21. The Bertz CT molecular complexity index is 1120. The van der Waals surface area contributed by atoms with Crippen LogP contribution in [0.15, 0.2) is 54.6 Å². The van der Waals surface area contributed by atoms with Crippen molar-refractivity contribution in [2.45, 2.75) is 90.7 Å². The lowest BCUT2D eigenvalue weighted by Gasteiger charge is -2.41. The first-order valence-electron chi connectivity index (χ1n) is 13.1. The van der Waals surface area contributed by atoms with Crippen LogP contribution in [0.4, 0.5) is 10.5 Å². The Labute approximate surface area is 223 Å². The van der Waals surface area contributed by atoms with E-state index in [9.17, 15) is 9.59 Å². The Kier molecular flexibility index (Phi) is 8.13. The molecule has 37 heavy (non-hydrogen) atoms. The molecule has 202 valence electrons. The summed E-state index contributed by atoms with van der Waals surface area (Å²) >= 11 is 0. The maximum atomic E-state index is 14.3. The Hall–Kier alpha value is -2.48. The Morgan fingerprint density at radius 2 is 1.54 bits per heavy atom. The fraction of sp³-hybridized carbons (Fsp3) is 0.533. The first-order chi connectivity index (χ1) is 17.0. The maximum Gasteiger partial charge on any atom is 0.421 e. The number of ether oxygens (including phenoxy) is 1. The summed E-state index contributed by atoms with van der Waals surface area (Å²) in [5.74, 6) is -0.487. The number of hydrogen-bond donors (Lipinski definition) is 1. The van der Waals surface area contributed by atoms with Crippen LogP contribution in [-0.4, -0.2) is 32.5 Å². The van der Waals surface area contributed by atoms with E-state index in [2.05, 4.69) is 51.3 Å². The number of hydrogen-bond acceptors (Lipinski definition) is 5. The third-order valence-corrected chi connectivity index (χ3v) is 12.1. The Morgan fingerprint density at radius 1 is 0.973 bits per heavy atom.